The fourth-order valence-corrected chi connectivity index (χ4v) is 2.46. The Balaban J connectivity index is 2.06. The molecule has 0 spiro atoms. The molecule has 0 saturated carbocycles. The van der Waals surface area contributed by atoms with Crippen LogP contribution in [0, 0.1) is 0 Å². The number of aromatic nitrogens is 3. The summed E-state index contributed by atoms with van der Waals surface area (Å²) in [5.74, 6) is 0.415. The molecule has 0 unspecified atom stereocenters. The average Bonchev–Trinajstić information content (AvgIpc) is 2.92. The normalized spacial score (nSPS) is 10.7. The Bertz CT molecular complexity index is 754. The summed E-state index contributed by atoms with van der Waals surface area (Å²) in [6.07, 6.45) is 3.29. The molecule has 3 N–H and O–H groups in total. The number of anilines is 1. The van der Waals surface area contributed by atoms with Crippen LogP contribution >= 0.6 is 23.2 Å². The van der Waals surface area contributed by atoms with Gasteiger partial charge in [0.25, 0.3) is 0 Å². The van der Waals surface area contributed by atoms with Gasteiger partial charge in [-0.05, 0) is 30.3 Å². The molecule has 6 heteroatoms. The average molecular weight is 305 g/mol. The summed E-state index contributed by atoms with van der Waals surface area (Å²) >= 11 is 12.1. The zero-order valence-corrected chi connectivity index (χ0v) is 11.8. The maximum Gasteiger partial charge on any atom is 0.133 e. The Labute approximate surface area is 125 Å². The number of benzene rings is 1. The highest BCUT2D eigenvalue weighted by Crippen LogP contribution is 2.31. The molecule has 4 nitrogen and oxygen atoms in total. The summed E-state index contributed by atoms with van der Waals surface area (Å²) in [5, 5.41) is 1.12. The highest BCUT2D eigenvalue weighted by atomic mass is 35.5. The van der Waals surface area contributed by atoms with Gasteiger partial charge in [-0.1, -0.05) is 23.2 Å². The minimum absolute atomic E-state index is 0.415. The van der Waals surface area contributed by atoms with E-state index in [4.69, 9.17) is 28.9 Å². The molecule has 2 aromatic heterocycles. The number of pyridine rings is 1. The molecule has 2 heterocycles. The number of hydrogen-bond donors (Lipinski definition) is 2. The molecule has 3 rings (SSSR count). The molecule has 0 fully saturated rings. The second-order valence-corrected chi connectivity index (χ2v) is 5.06. The summed E-state index contributed by atoms with van der Waals surface area (Å²) in [7, 11) is 0. The van der Waals surface area contributed by atoms with E-state index in [-0.39, 0.29) is 0 Å². The summed E-state index contributed by atoms with van der Waals surface area (Å²) in [6, 6.07) is 9.02. The fraction of sp³-hybridized carbons (Fsp3) is 0. The third kappa shape index (κ3) is 2.35. The van der Waals surface area contributed by atoms with Crippen LogP contribution in [0.5, 0.6) is 0 Å². The molecular weight excluding hydrogens is 295 g/mol. The first-order valence-electron chi connectivity index (χ1n) is 5.86. The first-order chi connectivity index (χ1) is 9.65. The molecule has 100 valence electrons. The van der Waals surface area contributed by atoms with Gasteiger partial charge < -0.3 is 10.7 Å². The third-order valence-corrected chi connectivity index (χ3v) is 3.47. The van der Waals surface area contributed by atoms with E-state index >= 15 is 0 Å². The molecule has 0 atom stereocenters. The van der Waals surface area contributed by atoms with Gasteiger partial charge >= 0.3 is 0 Å². The highest BCUT2D eigenvalue weighted by Gasteiger charge is 2.10. The van der Waals surface area contributed by atoms with Crippen molar-refractivity contribution in [3.63, 3.8) is 0 Å². The predicted molar refractivity (Wildman–Crippen MR) is 81.7 cm³/mol. The lowest BCUT2D eigenvalue weighted by molar-refractivity contribution is 1.30. The predicted octanol–water partition coefficient (Wildman–Crippen LogP) is 4.03. The molecule has 0 aliphatic carbocycles. The maximum atomic E-state index is 6.17. The van der Waals surface area contributed by atoms with Gasteiger partial charge in [0.15, 0.2) is 0 Å². The minimum atomic E-state index is 0.415. The maximum absolute atomic E-state index is 6.17. The van der Waals surface area contributed by atoms with Crippen molar-refractivity contribution in [3.8, 4) is 22.5 Å². The molecule has 0 aliphatic rings. The van der Waals surface area contributed by atoms with E-state index in [2.05, 4.69) is 15.0 Å². The van der Waals surface area contributed by atoms with Crippen molar-refractivity contribution in [2.24, 2.45) is 0 Å². The number of nitrogens with two attached hydrogens (primary N) is 1. The van der Waals surface area contributed by atoms with Crippen molar-refractivity contribution >= 4 is 29.0 Å². The molecule has 0 saturated heterocycles. The molecule has 1 aromatic carbocycles. The van der Waals surface area contributed by atoms with Crippen LogP contribution in [0.4, 0.5) is 5.82 Å². The van der Waals surface area contributed by atoms with Crippen molar-refractivity contribution in [2.75, 3.05) is 5.73 Å². The Morgan fingerprint density at radius 1 is 1.05 bits per heavy atom. The summed E-state index contributed by atoms with van der Waals surface area (Å²) in [6.45, 7) is 0. The van der Waals surface area contributed by atoms with Crippen LogP contribution in [0.2, 0.25) is 10.0 Å². The van der Waals surface area contributed by atoms with E-state index in [1.807, 2.05) is 18.2 Å². The van der Waals surface area contributed by atoms with Crippen molar-refractivity contribution in [2.45, 2.75) is 0 Å². The number of H-pyrrole nitrogens is 1. The number of hydrogen-bond acceptors (Lipinski definition) is 3. The van der Waals surface area contributed by atoms with Gasteiger partial charge in [0, 0.05) is 16.1 Å². The lowest BCUT2D eigenvalue weighted by Gasteiger charge is -2.08. The van der Waals surface area contributed by atoms with Crippen molar-refractivity contribution in [3.05, 3.63) is 52.9 Å². The molecule has 20 heavy (non-hydrogen) atoms. The van der Waals surface area contributed by atoms with Crippen LogP contribution in [0.15, 0.2) is 42.9 Å². The minimum Gasteiger partial charge on any atom is -0.383 e. The summed E-state index contributed by atoms with van der Waals surface area (Å²) in [5.41, 5.74) is 9.12. The SMILES string of the molecule is Nc1nc(-c2ccc(Cl)cc2Cl)ccc1-c1cnc[nH]1. The van der Waals surface area contributed by atoms with Crippen LogP contribution in [-0.4, -0.2) is 15.0 Å². The second-order valence-electron chi connectivity index (χ2n) is 4.22. The Morgan fingerprint density at radius 2 is 1.85 bits per heavy atom. The van der Waals surface area contributed by atoms with Crippen LogP contribution in [0.25, 0.3) is 22.5 Å². The van der Waals surface area contributed by atoms with Gasteiger partial charge in [-0.2, -0.15) is 0 Å². The van der Waals surface area contributed by atoms with Crippen LogP contribution < -0.4 is 5.73 Å². The molecule has 0 radical (unpaired) electrons. The number of rotatable bonds is 2. The molecule has 3 aromatic rings. The highest BCUT2D eigenvalue weighted by molar-refractivity contribution is 6.36. The number of imidazole rings is 1. The van der Waals surface area contributed by atoms with E-state index in [1.54, 1.807) is 24.7 Å². The number of nitrogen functional groups attached to an aromatic ring is 1. The van der Waals surface area contributed by atoms with Crippen LogP contribution in [0.1, 0.15) is 0 Å². The first kappa shape index (κ1) is 13.0. The van der Waals surface area contributed by atoms with Gasteiger partial charge in [0.2, 0.25) is 0 Å². The Morgan fingerprint density at radius 3 is 2.50 bits per heavy atom. The van der Waals surface area contributed by atoms with E-state index in [9.17, 15) is 0 Å². The zero-order valence-electron chi connectivity index (χ0n) is 10.3. The van der Waals surface area contributed by atoms with Gasteiger partial charge in [0.05, 0.1) is 28.9 Å². The third-order valence-electron chi connectivity index (χ3n) is 2.92. The number of aromatic amines is 1. The van der Waals surface area contributed by atoms with Crippen LogP contribution in [0.3, 0.4) is 0 Å². The van der Waals surface area contributed by atoms with E-state index in [1.165, 1.54) is 0 Å². The first-order valence-corrected chi connectivity index (χ1v) is 6.61. The largest absolute Gasteiger partial charge is 0.383 e. The summed E-state index contributed by atoms with van der Waals surface area (Å²) in [4.78, 5) is 11.4. The molecule has 0 amide bonds. The zero-order chi connectivity index (χ0) is 14.1. The lowest BCUT2D eigenvalue weighted by Crippen LogP contribution is -1.96. The Kier molecular flexibility index (Phi) is 3.34. The number of nitrogens with zero attached hydrogens (tertiary/aromatic N) is 2. The van der Waals surface area contributed by atoms with E-state index < -0.39 is 0 Å². The molecular formula is C14H10Cl2N4. The smallest absolute Gasteiger partial charge is 0.133 e. The standard InChI is InChI=1S/C14H10Cl2N4/c15-8-1-2-9(11(16)5-8)12-4-3-10(14(17)20-12)13-6-18-7-19-13/h1-7H,(H2,17,20)(H,18,19). The fourth-order valence-electron chi connectivity index (χ4n) is 1.95. The number of halogens is 2. The summed E-state index contributed by atoms with van der Waals surface area (Å²) < 4.78 is 0. The van der Waals surface area contributed by atoms with Gasteiger partial charge in [-0.3, -0.25) is 0 Å². The lowest BCUT2D eigenvalue weighted by atomic mass is 10.1. The number of nitrogens with one attached hydrogen (secondary N) is 1. The van der Waals surface area contributed by atoms with E-state index in [0.717, 1.165) is 16.8 Å². The van der Waals surface area contributed by atoms with Gasteiger partial charge in [0.1, 0.15) is 5.82 Å². The van der Waals surface area contributed by atoms with Crippen LogP contribution in [-0.2, 0) is 0 Å². The van der Waals surface area contributed by atoms with Gasteiger partial charge in [-0.25, -0.2) is 9.97 Å². The topological polar surface area (TPSA) is 67.6 Å². The monoisotopic (exact) mass is 304 g/mol. The van der Waals surface area contributed by atoms with Crippen molar-refractivity contribution in [1.82, 2.24) is 15.0 Å². The quantitative estimate of drug-likeness (QED) is 0.751. The molecule has 0 bridgehead atoms. The molecule has 0 aliphatic heterocycles. The van der Waals surface area contributed by atoms with Gasteiger partial charge in [-0.15, -0.1) is 0 Å². The van der Waals surface area contributed by atoms with E-state index in [0.29, 0.717) is 21.6 Å². The van der Waals surface area contributed by atoms with Crippen molar-refractivity contribution in [1.29, 1.82) is 0 Å². The van der Waals surface area contributed by atoms with Crippen molar-refractivity contribution < 1.29 is 0 Å². The second kappa shape index (κ2) is 5.15. The Hall–Kier alpha value is -2.04.